The second-order valence-corrected chi connectivity index (χ2v) is 11.5. The summed E-state index contributed by atoms with van der Waals surface area (Å²) >= 11 is 12.9. The van der Waals surface area contributed by atoms with Gasteiger partial charge < -0.3 is 10.1 Å². The molecule has 2 aromatic carbocycles. The number of halogens is 2. The molecule has 1 aliphatic rings. The molecule has 2 heterocycles. The maximum atomic E-state index is 12.9. The SMILES string of the molecule is O=C(NCc1ccc(Oc2cccc(Cl)c2)cc1)[C@@H]1CCCN1S(=O)(=O)c1ccc(Cl)s1. The minimum Gasteiger partial charge on any atom is -0.457 e. The first kappa shape index (κ1) is 23.1. The van der Waals surface area contributed by atoms with Crippen LogP contribution in [0.2, 0.25) is 9.36 Å². The number of amides is 1. The van der Waals surface area contributed by atoms with Crippen molar-refractivity contribution in [2.45, 2.75) is 29.6 Å². The van der Waals surface area contributed by atoms with Gasteiger partial charge >= 0.3 is 0 Å². The van der Waals surface area contributed by atoms with Crippen molar-refractivity contribution >= 4 is 50.5 Å². The van der Waals surface area contributed by atoms with Crippen LogP contribution in [0.25, 0.3) is 0 Å². The first-order chi connectivity index (χ1) is 15.3. The van der Waals surface area contributed by atoms with Gasteiger partial charge in [-0.05, 0) is 60.9 Å². The average Bonchev–Trinajstić information content (AvgIpc) is 3.43. The predicted molar refractivity (Wildman–Crippen MR) is 126 cm³/mol. The zero-order valence-corrected chi connectivity index (χ0v) is 20.0. The molecule has 0 unspecified atom stereocenters. The molecule has 6 nitrogen and oxygen atoms in total. The fourth-order valence-corrected chi connectivity index (χ4v) is 6.94. The molecule has 0 aliphatic carbocycles. The molecule has 0 saturated carbocycles. The van der Waals surface area contributed by atoms with Gasteiger partial charge in [-0.1, -0.05) is 41.4 Å². The minimum atomic E-state index is -3.75. The third-order valence-electron chi connectivity index (χ3n) is 5.04. The van der Waals surface area contributed by atoms with E-state index in [0.29, 0.717) is 40.2 Å². The largest absolute Gasteiger partial charge is 0.457 e. The van der Waals surface area contributed by atoms with E-state index in [0.717, 1.165) is 16.9 Å². The number of ether oxygens (including phenoxy) is 1. The summed E-state index contributed by atoms with van der Waals surface area (Å²) in [5.74, 6) is 0.964. The lowest BCUT2D eigenvalue weighted by Crippen LogP contribution is -2.45. The average molecular weight is 511 g/mol. The summed E-state index contributed by atoms with van der Waals surface area (Å²) in [6.45, 7) is 0.594. The molecule has 1 N–H and O–H groups in total. The first-order valence-electron chi connectivity index (χ1n) is 9.90. The lowest BCUT2D eigenvalue weighted by Gasteiger charge is -2.22. The standard InChI is InChI=1S/C22H20Cl2N2O4S2/c23-16-3-1-4-18(13-16)30-17-8-6-15(7-9-17)14-25-22(27)19-5-2-12-26(19)32(28,29)21-11-10-20(24)31-21/h1,3-4,6-11,13,19H,2,5,12,14H2,(H,25,27)/t19-/m0/s1. The number of nitrogens with zero attached hydrogens (tertiary/aromatic N) is 1. The lowest BCUT2D eigenvalue weighted by atomic mass is 10.2. The molecule has 0 radical (unpaired) electrons. The Balaban J connectivity index is 1.36. The van der Waals surface area contributed by atoms with E-state index in [1.807, 2.05) is 18.2 Å². The van der Waals surface area contributed by atoms with Crippen LogP contribution in [-0.2, 0) is 21.4 Å². The van der Waals surface area contributed by atoms with Crippen molar-refractivity contribution in [3.63, 3.8) is 0 Å². The monoisotopic (exact) mass is 510 g/mol. The van der Waals surface area contributed by atoms with Crippen LogP contribution in [0.1, 0.15) is 18.4 Å². The van der Waals surface area contributed by atoms with Gasteiger partial charge in [-0.3, -0.25) is 4.79 Å². The zero-order valence-electron chi connectivity index (χ0n) is 16.8. The van der Waals surface area contributed by atoms with Crippen molar-refractivity contribution in [1.82, 2.24) is 9.62 Å². The van der Waals surface area contributed by atoms with Gasteiger partial charge in [0.25, 0.3) is 10.0 Å². The molecule has 1 atom stereocenters. The normalized spacial score (nSPS) is 16.8. The Hall–Kier alpha value is -2.10. The smallest absolute Gasteiger partial charge is 0.253 e. The molecule has 0 spiro atoms. The summed E-state index contributed by atoms with van der Waals surface area (Å²) in [5, 5.41) is 3.44. The topological polar surface area (TPSA) is 75.7 Å². The number of carbonyl (C=O) groups is 1. The highest BCUT2D eigenvalue weighted by Gasteiger charge is 2.39. The predicted octanol–water partition coefficient (Wildman–Crippen LogP) is 5.32. The zero-order chi connectivity index (χ0) is 22.7. The number of hydrogen-bond donors (Lipinski definition) is 1. The lowest BCUT2D eigenvalue weighted by molar-refractivity contribution is -0.124. The summed E-state index contributed by atoms with van der Waals surface area (Å²) < 4.78 is 33.4. The van der Waals surface area contributed by atoms with Gasteiger partial charge in [-0.2, -0.15) is 4.31 Å². The second kappa shape index (κ2) is 9.80. The number of thiophene rings is 1. The molecule has 3 aromatic rings. The third kappa shape index (κ3) is 5.27. The summed E-state index contributed by atoms with van der Waals surface area (Å²) in [6, 6.07) is 16.7. The molecular formula is C22H20Cl2N2O4S2. The van der Waals surface area contributed by atoms with Crippen molar-refractivity contribution in [1.29, 1.82) is 0 Å². The highest BCUT2D eigenvalue weighted by atomic mass is 35.5. The van der Waals surface area contributed by atoms with Crippen LogP contribution in [-0.4, -0.2) is 31.2 Å². The highest BCUT2D eigenvalue weighted by molar-refractivity contribution is 7.91. The fourth-order valence-electron chi connectivity index (χ4n) is 3.49. The van der Waals surface area contributed by atoms with E-state index >= 15 is 0 Å². The van der Waals surface area contributed by atoms with Crippen LogP contribution in [0.5, 0.6) is 11.5 Å². The fraction of sp³-hybridized carbons (Fsp3) is 0.227. The van der Waals surface area contributed by atoms with Gasteiger partial charge in [0.05, 0.1) is 4.34 Å². The molecule has 10 heteroatoms. The van der Waals surface area contributed by atoms with Gasteiger partial charge in [0.1, 0.15) is 21.8 Å². The van der Waals surface area contributed by atoms with Gasteiger partial charge in [-0.15, -0.1) is 11.3 Å². The molecule has 1 fully saturated rings. The Labute approximate surface area is 200 Å². The molecule has 1 saturated heterocycles. The Morgan fingerprint density at radius 2 is 1.88 bits per heavy atom. The van der Waals surface area contributed by atoms with Crippen molar-refractivity contribution in [2.75, 3.05) is 6.54 Å². The van der Waals surface area contributed by atoms with E-state index in [1.54, 1.807) is 36.4 Å². The van der Waals surface area contributed by atoms with Gasteiger partial charge in [0.2, 0.25) is 5.91 Å². The highest BCUT2D eigenvalue weighted by Crippen LogP contribution is 2.32. The van der Waals surface area contributed by atoms with Gasteiger partial charge in [0, 0.05) is 18.1 Å². The van der Waals surface area contributed by atoms with Gasteiger partial charge in [0.15, 0.2) is 0 Å². The Kier molecular flexibility index (Phi) is 7.07. The van der Waals surface area contributed by atoms with Crippen molar-refractivity contribution in [3.8, 4) is 11.5 Å². The summed E-state index contributed by atoms with van der Waals surface area (Å²) in [6.07, 6.45) is 1.11. The van der Waals surface area contributed by atoms with Crippen LogP contribution in [0.3, 0.4) is 0 Å². The van der Waals surface area contributed by atoms with Crippen molar-refractivity contribution in [2.24, 2.45) is 0 Å². The van der Waals surface area contributed by atoms with E-state index in [4.69, 9.17) is 27.9 Å². The molecule has 1 aliphatic heterocycles. The number of sulfonamides is 1. The Morgan fingerprint density at radius 3 is 2.56 bits per heavy atom. The minimum absolute atomic E-state index is 0.150. The van der Waals surface area contributed by atoms with Crippen LogP contribution in [0, 0.1) is 0 Å². The number of carbonyl (C=O) groups excluding carboxylic acids is 1. The van der Waals surface area contributed by atoms with E-state index < -0.39 is 16.1 Å². The molecule has 1 aromatic heterocycles. The molecule has 0 bridgehead atoms. The van der Waals surface area contributed by atoms with Crippen LogP contribution >= 0.6 is 34.5 Å². The van der Waals surface area contributed by atoms with Crippen LogP contribution in [0.15, 0.2) is 64.9 Å². The van der Waals surface area contributed by atoms with Gasteiger partial charge in [-0.25, -0.2) is 8.42 Å². The Bertz CT molecular complexity index is 1210. The van der Waals surface area contributed by atoms with Crippen LogP contribution < -0.4 is 10.1 Å². The molecule has 1 amide bonds. The number of benzene rings is 2. The summed E-state index contributed by atoms with van der Waals surface area (Å²) in [4.78, 5) is 12.8. The molecule has 4 rings (SSSR count). The summed E-state index contributed by atoms with van der Waals surface area (Å²) in [7, 11) is -3.75. The van der Waals surface area contributed by atoms with E-state index in [2.05, 4.69) is 5.32 Å². The maximum Gasteiger partial charge on any atom is 0.253 e. The number of rotatable bonds is 7. The van der Waals surface area contributed by atoms with E-state index in [-0.39, 0.29) is 16.7 Å². The molecule has 168 valence electrons. The van der Waals surface area contributed by atoms with E-state index in [9.17, 15) is 13.2 Å². The maximum absolute atomic E-state index is 12.9. The summed E-state index contributed by atoms with van der Waals surface area (Å²) in [5.41, 5.74) is 0.870. The quantitative estimate of drug-likeness (QED) is 0.466. The van der Waals surface area contributed by atoms with Crippen LogP contribution in [0.4, 0.5) is 0 Å². The van der Waals surface area contributed by atoms with Crippen molar-refractivity contribution in [3.05, 3.63) is 75.6 Å². The molecule has 32 heavy (non-hydrogen) atoms. The number of hydrogen-bond acceptors (Lipinski definition) is 5. The first-order valence-corrected chi connectivity index (χ1v) is 12.9. The van der Waals surface area contributed by atoms with Crippen molar-refractivity contribution < 1.29 is 17.9 Å². The molecular weight excluding hydrogens is 491 g/mol. The third-order valence-corrected chi connectivity index (χ3v) is 8.88. The van der Waals surface area contributed by atoms with E-state index in [1.165, 1.54) is 10.4 Å². The Morgan fingerprint density at radius 1 is 1.09 bits per heavy atom. The second-order valence-electron chi connectivity index (χ2n) is 7.25. The number of nitrogens with one attached hydrogen (secondary N) is 1.